The number of rotatable bonds is 1. The molecule has 10 heavy (non-hydrogen) atoms. The molecule has 0 aliphatic carbocycles. The maximum absolute atomic E-state index is 9.14. The minimum Gasteiger partial charge on any atom is -0.385 e. The second kappa shape index (κ2) is 3.30. The van der Waals surface area contributed by atoms with E-state index in [9.17, 15) is 0 Å². The van der Waals surface area contributed by atoms with Gasteiger partial charge < -0.3 is 19.7 Å². The van der Waals surface area contributed by atoms with E-state index in [0.29, 0.717) is 13.0 Å². The molecule has 1 rings (SSSR count). The van der Waals surface area contributed by atoms with Crippen LogP contribution in [-0.2, 0) is 9.47 Å². The van der Waals surface area contributed by atoms with Crippen LogP contribution in [0.1, 0.15) is 6.42 Å². The number of methoxy groups -OCH3 is 1. The van der Waals surface area contributed by atoms with Gasteiger partial charge in [0.15, 0.2) is 6.29 Å². The van der Waals surface area contributed by atoms with Crippen LogP contribution in [0.4, 0.5) is 0 Å². The first-order valence-corrected chi connectivity index (χ1v) is 3.26. The van der Waals surface area contributed by atoms with Crippen LogP contribution in [-0.4, -0.2) is 42.4 Å². The Morgan fingerprint density at radius 1 is 1.50 bits per heavy atom. The zero-order valence-corrected chi connectivity index (χ0v) is 5.86. The maximum Gasteiger partial charge on any atom is 0.183 e. The summed E-state index contributed by atoms with van der Waals surface area (Å²) in [6, 6.07) is 0. The Hall–Kier alpha value is -0.160. The highest BCUT2D eigenvalue weighted by atomic mass is 16.6. The zero-order valence-electron chi connectivity index (χ0n) is 5.86. The van der Waals surface area contributed by atoms with Crippen LogP contribution in [0.2, 0.25) is 0 Å². The van der Waals surface area contributed by atoms with E-state index in [0.717, 1.165) is 0 Å². The summed E-state index contributed by atoms with van der Waals surface area (Å²) in [7, 11) is 1.51. The van der Waals surface area contributed by atoms with Crippen molar-refractivity contribution in [3.05, 3.63) is 0 Å². The van der Waals surface area contributed by atoms with Gasteiger partial charge in [0, 0.05) is 7.11 Å². The molecule has 0 aromatic heterocycles. The van der Waals surface area contributed by atoms with Crippen LogP contribution >= 0.6 is 0 Å². The van der Waals surface area contributed by atoms with Crippen molar-refractivity contribution < 1.29 is 19.7 Å². The molecule has 1 fully saturated rings. The summed E-state index contributed by atoms with van der Waals surface area (Å²) in [6.45, 7) is 0.441. The van der Waals surface area contributed by atoms with Crippen LogP contribution in [0.3, 0.4) is 0 Å². The summed E-state index contributed by atoms with van der Waals surface area (Å²) in [5.74, 6) is 0. The maximum atomic E-state index is 9.14. The van der Waals surface area contributed by atoms with Gasteiger partial charge in [-0.3, -0.25) is 0 Å². The third-order valence-electron chi connectivity index (χ3n) is 1.67. The molecule has 0 spiro atoms. The Kier molecular flexibility index (Phi) is 2.62. The minimum absolute atomic E-state index is 0.288. The third-order valence-corrected chi connectivity index (χ3v) is 1.67. The lowest BCUT2D eigenvalue weighted by Crippen LogP contribution is -2.45. The molecule has 1 heterocycles. The summed E-state index contributed by atoms with van der Waals surface area (Å²) < 4.78 is 9.63. The first-order valence-electron chi connectivity index (χ1n) is 3.26. The van der Waals surface area contributed by atoms with Gasteiger partial charge in [-0.1, -0.05) is 0 Å². The first kappa shape index (κ1) is 7.94. The third kappa shape index (κ3) is 1.46. The Labute approximate surface area is 59.4 Å². The van der Waals surface area contributed by atoms with E-state index in [2.05, 4.69) is 0 Å². The fourth-order valence-corrected chi connectivity index (χ4v) is 1.02. The van der Waals surface area contributed by atoms with Crippen LogP contribution in [0, 0.1) is 0 Å². The largest absolute Gasteiger partial charge is 0.385 e. The van der Waals surface area contributed by atoms with Crippen molar-refractivity contribution in [3.63, 3.8) is 0 Å². The second-order valence-electron chi connectivity index (χ2n) is 2.31. The fraction of sp³-hybridized carbons (Fsp3) is 1.00. The highest BCUT2D eigenvalue weighted by Gasteiger charge is 2.30. The summed E-state index contributed by atoms with van der Waals surface area (Å²) in [5.41, 5.74) is 0. The van der Waals surface area contributed by atoms with E-state index in [-0.39, 0.29) is 6.10 Å². The number of hydrogen-bond acceptors (Lipinski definition) is 4. The topological polar surface area (TPSA) is 58.9 Å². The monoisotopic (exact) mass is 148 g/mol. The summed E-state index contributed by atoms with van der Waals surface area (Å²) in [4.78, 5) is 0. The second-order valence-corrected chi connectivity index (χ2v) is 2.31. The SMILES string of the molecule is CO[C@H]1CCO[C@@H](O)[C@@H]1O. The molecule has 4 nitrogen and oxygen atoms in total. The number of aliphatic hydroxyl groups is 2. The molecule has 60 valence electrons. The van der Waals surface area contributed by atoms with Gasteiger partial charge in [0.05, 0.1) is 12.7 Å². The van der Waals surface area contributed by atoms with Gasteiger partial charge in [-0.2, -0.15) is 0 Å². The highest BCUT2D eigenvalue weighted by molar-refractivity contribution is 4.75. The normalized spacial score (nSPS) is 41.7. The average Bonchev–Trinajstić information content (AvgIpc) is 1.95. The fourth-order valence-electron chi connectivity index (χ4n) is 1.02. The molecule has 1 aliphatic rings. The molecule has 4 heteroatoms. The molecule has 0 saturated carbocycles. The molecule has 1 saturated heterocycles. The molecule has 0 radical (unpaired) electrons. The van der Waals surface area contributed by atoms with Crippen LogP contribution in [0.15, 0.2) is 0 Å². The summed E-state index contributed by atoms with van der Waals surface area (Å²) >= 11 is 0. The van der Waals surface area contributed by atoms with Crippen molar-refractivity contribution in [1.82, 2.24) is 0 Å². The van der Waals surface area contributed by atoms with E-state index >= 15 is 0 Å². The van der Waals surface area contributed by atoms with E-state index in [1.807, 2.05) is 0 Å². The molecule has 0 aromatic rings. The predicted octanol–water partition coefficient (Wildman–Crippen LogP) is -0.899. The van der Waals surface area contributed by atoms with Crippen LogP contribution in [0.5, 0.6) is 0 Å². The molecule has 0 amide bonds. The van der Waals surface area contributed by atoms with Gasteiger partial charge in [-0.05, 0) is 6.42 Å². The molecule has 0 unspecified atom stereocenters. The Morgan fingerprint density at radius 3 is 2.70 bits per heavy atom. The Morgan fingerprint density at radius 2 is 2.20 bits per heavy atom. The van der Waals surface area contributed by atoms with Crippen LogP contribution in [0.25, 0.3) is 0 Å². The van der Waals surface area contributed by atoms with Crippen molar-refractivity contribution >= 4 is 0 Å². The van der Waals surface area contributed by atoms with E-state index in [4.69, 9.17) is 19.7 Å². The number of aliphatic hydroxyl groups excluding tert-OH is 2. The van der Waals surface area contributed by atoms with E-state index in [1.54, 1.807) is 0 Å². The molecular weight excluding hydrogens is 136 g/mol. The van der Waals surface area contributed by atoms with Crippen molar-refractivity contribution in [1.29, 1.82) is 0 Å². The molecule has 1 aliphatic heterocycles. The zero-order chi connectivity index (χ0) is 7.56. The molecular formula is C6H12O4. The predicted molar refractivity (Wildman–Crippen MR) is 33.4 cm³/mol. The Bertz CT molecular complexity index is 106. The van der Waals surface area contributed by atoms with Gasteiger partial charge in [-0.15, -0.1) is 0 Å². The standard InChI is InChI=1S/C6H12O4/c1-9-4-2-3-10-6(8)5(4)7/h4-8H,2-3H2,1H3/t4-,5+,6+/m0/s1. The quantitative estimate of drug-likeness (QED) is 0.506. The lowest BCUT2D eigenvalue weighted by molar-refractivity contribution is -0.224. The van der Waals surface area contributed by atoms with Crippen molar-refractivity contribution in [2.45, 2.75) is 24.9 Å². The summed E-state index contributed by atoms with van der Waals surface area (Å²) in [5, 5.41) is 18.1. The van der Waals surface area contributed by atoms with E-state index in [1.165, 1.54) is 7.11 Å². The van der Waals surface area contributed by atoms with Gasteiger partial charge in [0.25, 0.3) is 0 Å². The first-order chi connectivity index (χ1) is 4.75. The van der Waals surface area contributed by atoms with Crippen molar-refractivity contribution in [3.8, 4) is 0 Å². The van der Waals surface area contributed by atoms with Gasteiger partial charge in [0.2, 0.25) is 0 Å². The molecule has 3 atom stereocenters. The van der Waals surface area contributed by atoms with Crippen molar-refractivity contribution in [2.75, 3.05) is 13.7 Å². The Balaban J connectivity index is 2.42. The lowest BCUT2D eigenvalue weighted by Gasteiger charge is -2.30. The van der Waals surface area contributed by atoms with Crippen molar-refractivity contribution in [2.24, 2.45) is 0 Å². The molecule has 0 bridgehead atoms. The highest BCUT2D eigenvalue weighted by Crippen LogP contribution is 2.14. The number of ether oxygens (including phenoxy) is 2. The summed E-state index contributed by atoms with van der Waals surface area (Å²) in [6.07, 6.45) is -1.64. The van der Waals surface area contributed by atoms with E-state index < -0.39 is 12.4 Å². The number of hydrogen-bond donors (Lipinski definition) is 2. The van der Waals surface area contributed by atoms with Crippen LogP contribution < -0.4 is 0 Å². The molecule has 0 aromatic carbocycles. The minimum atomic E-state index is -1.08. The van der Waals surface area contributed by atoms with Gasteiger partial charge in [-0.25, -0.2) is 0 Å². The van der Waals surface area contributed by atoms with Gasteiger partial charge >= 0.3 is 0 Å². The average molecular weight is 148 g/mol. The van der Waals surface area contributed by atoms with Gasteiger partial charge in [0.1, 0.15) is 6.10 Å². The smallest absolute Gasteiger partial charge is 0.183 e. The molecule has 2 N–H and O–H groups in total. The lowest BCUT2D eigenvalue weighted by atomic mass is 10.1.